The van der Waals surface area contributed by atoms with Gasteiger partial charge >= 0.3 is 0 Å². The Labute approximate surface area is 172 Å². The standard InChI is InChI=1S/C24H18N4O2/c29-21-14-15-24(23(30)25-16-8-2-1-3-9-16)27(21)19-12-6-4-10-17(19)22-26-18-11-5-7-13-20(18)28(22)24/h1-13H,14-15H2,(H,25,30). The molecule has 2 amide bonds. The zero-order valence-corrected chi connectivity index (χ0v) is 16.1. The molecule has 6 rings (SSSR count). The van der Waals surface area contributed by atoms with Gasteiger partial charge in [0.1, 0.15) is 5.82 Å². The topological polar surface area (TPSA) is 67.2 Å². The summed E-state index contributed by atoms with van der Waals surface area (Å²) in [6.45, 7) is 0. The number of fused-ring (bicyclic) bond motifs is 8. The number of carbonyl (C=O) groups excluding carboxylic acids is 2. The van der Waals surface area contributed by atoms with E-state index < -0.39 is 5.66 Å². The van der Waals surface area contributed by atoms with Crippen LogP contribution >= 0.6 is 0 Å². The highest BCUT2D eigenvalue weighted by Crippen LogP contribution is 2.50. The molecular weight excluding hydrogens is 376 g/mol. The van der Waals surface area contributed by atoms with Crippen molar-refractivity contribution in [2.45, 2.75) is 18.5 Å². The minimum Gasteiger partial charge on any atom is -0.322 e. The summed E-state index contributed by atoms with van der Waals surface area (Å²) in [5.41, 5.74) is 2.71. The third-order valence-electron chi connectivity index (χ3n) is 6.02. The first kappa shape index (κ1) is 17.0. The third kappa shape index (κ3) is 2.10. The van der Waals surface area contributed by atoms with Crippen LogP contribution in [-0.4, -0.2) is 21.4 Å². The molecule has 0 spiro atoms. The Morgan fingerprint density at radius 1 is 0.933 bits per heavy atom. The highest BCUT2D eigenvalue weighted by molar-refractivity contribution is 6.13. The molecule has 0 aliphatic carbocycles. The fourth-order valence-corrected chi connectivity index (χ4v) is 4.76. The Hall–Kier alpha value is -3.93. The van der Waals surface area contributed by atoms with Crippen LogP contribution in [0.5, 0.6) is 0 Å². The lowest BCUT2D eigenvalue weighted by Gasteiger charge is -2.43. The van der Waals surface area contributed by atoms with Gasteiger partial charge in [0.05, 0.1) is 16.7 Å². The first-order valence-electron chi connectivity index (χ1n) is 9.97. The molecule has 6 nitrogen and oxygen atoms in total. The second kappa shape index (κ2) is 6.03. The Balaban J connectivity index is 1.66. The van der Waals surface area contributed by atoms with Crippen LogP contribution in [0.25, 0.3) is 22.4 Å². The van der Waals surface area contributed by atoms with E-state index in [1.165, 1.54) is 0 Å². The molecule has 0 radical (unpaired) electrons. The summed E-state index contributed by atoms with van der Waals surface area (Å²) < 4.78 is 1.95. The zero-order valence-electron chi connectivity index (χ0n) is 16.1. The summed E-state index contributed by atoms with van der Waals surface area (Å²) in [7, 11) is 0. The van der Waals surface area contributed by atoms with Crippen molar-refractivity contribution in [1.29, 1.82) is 0 Å². The highest BCUT2D eigenvalue weighted by atomic mass is 16.2. The lowest BCUT2D eigenvalue weighted by molar-refractivity contribution is -0.126. The van der Waals surface area contributed by atoms with Gasteiger partial charge in [-0.15, -0.1) is 0 Å². The molecule has 0 saturated carbocycles. The molecule has 0 bridgehead atoms. The van der Waals surface area contributed by atoms with Crippen molar-refractivity contribution < 1.29 is 9.59 Å². The van der Waals surface area contributed by atoms with Gasteiger partial charge in [-0.2, -0.15) is 0 Å². The lowest BCUT2D eigenvalue weighted by Crippen LogP contribution is -2.58. The van der Waals surface area contributed by atoms with E-state index in [0.29, 0.717) is 24.4 Å². The summed E-state index contributed by atoms with van der Waals surface area (Å²) in [5, 5.41) is 3.04. The largest absolute Gasteiger partial charge is 0.322 e. The SMILES string of the molecule is O=C1CCC2(C(=O)Nc3ccccc3)N1c1ccccc1-c1nc3ccccc3n12. The van der Waals surface area contributed by atoms with Gasteiger partial charge in [-0.25, -0.2) is 4.98 Å². The number of carbonyl (C=O) groups is 2. The van der Waals surface area contributed by atoms with Gasteiger partial charge in [0.25, 0.3) is 5.91 Å². The second-order valence-electron chi connectivity index (χ2n) is 7.64. The molecule has 1 atom stereocenters. The number of benzene rings is 3. The predicted octanol–water partition coefficient (Wildman–Crippen LogP) is 4.14. The molecule has 1 N–H and O–H groups in total. The molecule has 6 heteroatoms. The van der Waals surface area contributed by atoms with Crippen LogP contribution in [0, 0.1) is 0 Å². The number of amides is 2. The third-order valence-corrected chi connectivity index (χ3v) is 6.02. The minimum absolute atomic E-state index is 0.0610. The van der Waals surface area contributed by atoms with E-state index in [4.69, 9.17) is 4.98 Å². The van der Waals surface area contributed by atoms with Crippen LogP contribution in [0.2, 0.25) is 0 Å². The van der Waals surface area contributed by atoms with Crippen LogP contribution in [0.15, 0.2) is 78.9 Å². The smallest absolute Gasteiger partial charge is 0.272 e. The Morgan fingerprint density at radius 2 is 1.67 bits per heavy atom. The summed E-state index contributed by atoms with van der Waals surface area (Å²) in [5.74, 6) is 0.411. The van der Waals surface area contributed by atoms with Crippen molar-refractivity contribution >= 4 is 34.2 Å². The van der Waals surface area contributed by atoms with Crippen LogP contribution in [0.1, 0.15) is 12.8 Å². The van der Waals surface area contributed by atoms with Gasteiger partial charge in [0, 0.05) is 24.1 Å². The van der Waals surface area contributed by atoms with E-state index in [0.717, 1.165) is 22.3 Å². The minimum atomic E-state index is -1.20. The summed E-state index contributed by atoms with van der Waals surface area (Å²) in [4.78, 5) is 33.5. The maximum Gasteiger partial charge on any atom is 0.272 e. The van der Waals surface area contributed by atoms with Crippen molar-refractivity contribution in [3.05, 3.63) is 78.9 Å². The van der Waals surface area contributed by atoms with E-state index in [-0.39, 0.29) is 11.8 Å². The molecule has 1 unspecified atom stereocenters. The Bertz CT molecular complexity index is 1330. The average molecular weight is 394 g/mol. The van der Waals surface area contributed by atoms with Crippen LogP contribution in [-0.2, 0) is 15.3 Å². The number of anilines is 2. The van der Waals surface area contributed by atoms with Gasteiger partial charge < -0.3 is 5.32 Å². The van der Waals surface area contributed by atoms with Crippen molar-refractivity contribution in [3.8, 4) is 11.4 Å². The number of rotatable bonds is 2. The van der Waals surface area contributed by atoms with Crippen LogP contribution in [0.3, 0.4) is 0 Å². The molecule has 30 heavy (non-hydrogen) atoms. The quantitative estimate of drug-likeness (QED) is 0.556. The summed E-state index contributed by atoms with van der Waals surface area (Å²) in [6.07, 6.45) is 0.675. The first-order valence-corrected chi connectivity index (χ1v) is 9.97. The predicted molar refractivity (Wildman–Crippen MR) is 115 cm³/mol. The molecule has 3 heterocycles. The number of hydrogen-bond acceptors (Lipinski definition) is 3. The lowest BCUT2D eigenvalue weighted by atomic mass is 9.98. The molecule has 4 aromatic rings. The fourth-order valence-electron chi connectivity index (χ4n) is 4.76. The van der Waals surface area contributed by atoms with E-state index in [9.17, 15) is 9.59 Å². The second-order valence-corrected chi connectivity index (χ2v) is 7.64. The maximum atomic E-state index is 13.9. The van der Waals surface area contributed by atoms with Crippen LogP contribution < -0.4 is 10.2 Å². The van der Waals surface area contributed by atoms with Gasteiger partial charge in [-0.05, 0) is 36.4 Å². The molecule has 1 aromatic heterocycles. The zero-order chi connectivity index (χ0) is 20.3. The van der Waals surface area contributed by atoms with Gasteiger partial charge in [0.15, 0.2) is 0 Å². The molecule has 2 aliphatic heterocycles. The average Bonchev–Trinajstić information content (AvgIpc) is 3.34. The number of nitrogens with one attached hydrogen (secondary N) is 1. The highest BCUT2D eigenvalue weighted by Gasteiger charge is 2.57. The molecule has 2 aliphatic rings. The molecule has 1 fully saturated rings. The van der Waals surface area contributed by atoms with Crippen molar-refractivity contribution in [2.24, 2.45) is 0 Å². The summed E-state index contributed by atoms with van der Waals surface area (Å²) >= 11 is 0. The van der Waals surface area contributed by atoms with Crippen molar-refractivity contribution in [3.63, 3.8) is 0 Å². The van der Waals surface area contributed by atoms with Crippen molar-refractivity contribution in [1.82, 2.24) is 9.55 Å². The number of hydrogen-bond donors (Lipinski definition) is 1. The molecule has 3 aromatic carbocycles. The molecule has 1 saturated heterocycles. The van der Waals surface area contributed by atoms with E-state index in [1.54, 1.807) is 4.90 Å². The van der Waals surface area contributed by atoms with E-state index >= 15 is 0 Å². The van der Waals surface area contributed by atoms with E-state index in [1.807, 2.05) is 83.4 Å². The Kier molecular flexibility index (Phi) is 3.41. The monoisotopic (exact) mass is 394 g/mol. The summed E-state index contributed by atoms with van der Waals surface area (Å²) in [6, 6.07) is 24.8. The normalized spacial score (nSPS) is 19.3. The van der Waals surface area contributed by atoms with E-state index in [2.05, 4.69) is 5.32 Å². The maximum absolute atomic E-state index is 13.9. The molecule has 146 valence electrons. The molecular formula is C24H18N4O2. The van der Waals surface area contributed by atoms with Gasteiger partial charge in [0.2, 0.25) is 11.6 Å². The number of aromatic nitrogens is 2. The number of imidazole rings is 1. The first-order chi connectivity index (χ1) is 14.7. The van der Waals surface area contributed by atoms with Crippen molar-refractivity contribution in [2.75, 3.05) is 10.2 Å². The Morgan fingerprint density at radius 3 is 2.53 bits per heavy atom. The van der Waals surface area contributed by atoms with Crippen LogP contribution in [0.4, 0.5) is 11.4 Å². The number of para-hydroxylation sites is 4. The number of nitrogens with zero attached hydrogens (tertiary/aromatic N) is 3. The van der Waals surface area contributed by atoms with Gasteiger partial charge in [-0.1, -0.05) is 42.5 Å². The fraction of sp³-hybridized carbons (Fsp3) is 0.125. The van der Waals surface area contributed by atoms with Gasteiger partial charge in [-0.3, -0.25) is 19.1 Å².